The normalized spacial score (nSPS) is 10.2. The second-order valence-corrected chi connectivity index (χ2v) is 3.80. The van der Waals surface area contributed by atoms with E-state index in [0.717, 1.165) is 31.0 Å². The van der Waals surface area contributed by atoms with Crippen LogP contribution in [0.15, 0.2) is 6.07 Å². The summed E-state index contributed by atoms with van der Waals surface area (Å²) in [7, 11) is 2.04. The first-order valence-electron chi connectivity index (χ1n) is 5.77. The van der Waals surface area contributed by atoms with Crippen LogP contribution in [-0.2, 0) is 6.42 Å². The molecule has 0 spiro atoms. The fourth-order valence-corrected chi connectivity index (χ4v) is 1.42. The Morgan fingerprint density at radius 3 is 2.69 bits per heavy atom. The van der Waals surface area contributed by atoms with Gasteiger partial charge in [-0.15, -0.1) is 0 Å². The number of nitrogens with two attached hydrogens (primary N) is 1. The van der Waals surface area contributed by atoms with Crippen LogP contribution in [0, 0.1) is 0 Å². The van der Waals surface area contributed by atoms with Crippen LogP contribution >= 0.6 is 0 Å². The molecule has 1 aromatic heterocycles. The van der Waals surface area contributed by atoms with Gasteiger partial charge in [0.15, 0.2) is 0 Å². The Hall–Kier alpha value is -1.36. The van der Waals surface area contributed by atoms with Gasteiger partial charge in [-0.05, 0) is 6.42 Å². The highest BCUT2D eigenvalue weighted by molar-refractivity contribution is 5.48. The van der Waals surface area contributed by atoms with E-state index < -0.39 is 0 Å². The maximum absolute atomic E-state index is 5.38. The molecule has 1 aromatic rings. The number of aryl methyl sites for hydroxylation is 1. The molecule has 1 heterocycles. The minimum absolute atomic E-state index is 0.671. The van der Waals surface area contributed by atoms with Crippen LogP contribution in [0.25, 0.3) is 0 Å². The fourth-order valence-electron chi connectivity index (χ4n) is 1.42. The molecule has 0 bridgehead atoms. The molecular formula is C11H21N5. The number of nitrogens with zero attached hydrogens (tertiary/aromatic N) is 3. The predicted molar refractivity (Wildman–Crippen MR) is 67.4 cm³/mol. The number of aromatic nitrogens is 2. The van der Waals surface area contributed by atoms with Crippen LogP contribution in [0.5, 0.6) is 0 Å². The number of nitrogen functional groups attached to an aromatic ring is 1. The first-order chi connectivity index (χ1) is 7.71. The van der Waals surface area contributed by atoms with E-state index in [4.69, 9.17) is 5.84 Å². The van der Waals surface area contributed by atoms with Crippen molar-refractivity contribution in [2.24, 2.45) is 5.84 Å². The Morgan fingerprint density at radius 2 is 2.12 bits per heavy atom. The van der Waals surface area contributed by atoms with Gasteiger partial charge >= 0.3 is 0 Å². The molecule has 0 unspecified atom stereocenters. The number of hydrogen-bond acceptors (Lipinski definition) is 5. The highest BCUT2D eigenvalue weighted by Gasteiger charge is 2.06. The van der Waals surface area contributed by atoms with Gasteiger partial charge in [-0.3, -0.25) is 0 Å². The molecule has 16 heavy (non-hydrogen) atoms. The van der Waals surface area contributed by atoms with Gasteiger partial charge in [0.05, 0.1) is 0 Å². The van der Waals surface area contributed by atoms with E-state index in [1.54, 1.807) is 0 Å². The van der Waals surface area contributed by atoms with E-state index in [1.165, 1.54) is 6.42 Å². The summed E-state index contributed by atoms with van der Waals surface area (Å²) in [5, 5.41) is 0. The molecule has 0 aromatic carbocycles. The van der Waals surface area contributed by atoms with Crippen LogP contribution in [0.2, 0.25) is 0 Å². The monoisotopic (exact) mass is 223 g/mol. The van der Waals surface area contributed by atoms with Gasteiger partial charge in [0, 0.05) is 26.1 Å². The lowest BCUT2D eigenvalue weighted by molar-refractivity contribution is 0.754. The molecule has 0 aliphatic rings. The third-order valence-corrected chi connectivity index (χ3v) is 2.46. The molecule has 0 amide bonds. The number of unbranched alkanes of at least 4 members (excludes halogenated alkanes) is 1. The minimum Gasteiger partial charge on any atom is -0.360 e. The Balaban J connectivity index is 2.85. The van der Waals surface area contributed by atoms with E-state index in [2.05, 4.69) is 27.2 Å². The molecule has 5 heteroatoms. The van der Waals surface area contributed by atoms with Crippen molar-refractivity contribution >= 4 is 11.6 Å². The third-order valence-electron chi connectivity index (χ3n) is 2.46. The quantitative estimate of drug-likeness (QED) is 0.566. The second kappa shape index (κ2) is 6.27. The van der Waals surface area contributed by atoms with Crippen LogP contribution in [-0.4, -0.2) is 23.6 Å². The van der Waals surface area contributed by atoms with E-state index in [9.17, 15) is 0 Å². The molecule has 0 atom stereocenters. The average Bonchev–Trinajstić information content (AvgIpc) is 2.35. The molecule has 0 aliphatic heterocycles. The lowest BCUT2D eigenvalue weighted by Crippen LogP contribution is -2.21. The van der Waals surface area contributed by atoms with Crippen molar-refractivity contribution in [1.82, 2.24) is 9.97 Å². The topological polar surface area (TPSA) is 67.1 Å². The minimum atomic E-state index is 0.671. The van der Waals surface area contributed by atoms with Crippen molar-refractivity contribution in [3.05, 3.63) is 11.9 Å². The van der Waals surface area contributed by atoms with Crippen LogP contribution < -0.4 is 16.2 Å². The standard InChI is InChI=1S/C11H21N5/c1-4-6-7-16(3)11-8-10(15-12)13-9(5-2)14-11/h8H,4-7,12H2,1-3H3,(H,13,14,15). The molecule has 0 saturated heterocycles. The Bertz CT molecular complexity index is 304. The van der Waals surface area contributed by atoms with Gasteiger partial charge in [-0.2, -0.15) is 0 Å². The summed E-state index contributed by atoms with van der Waals surface area (Å²) < 4.78 is 0. The molecule has 3 N–H and O–H groups in total. The fraction of sp³-hybridized carbons (Fsp3) is 0.636. The zero-order valence-electron chi connectivity index (χ0n) is 10.3. The van der Waals surface area contributed by atoms with Crippen molar-refractivity contribution in [1.29, 1.82) is 0 Å². The maximum atomic E-state index is 5.38. The largest absolute Gasteiger partial charge is 0.360 e. The average molecular weight is 223 g/mol. The lowest BCUT2D eigenvalue weighted by atomic mass is 10.3. The molecule has 0 radical (unpaired) electrons. The summed E-state index contributed by atoms with van der Waals surface area (Å²) in [6.45, 7) is 5.21. The summed E-state index contributed by atoms with van der Waals surface area (Å²) in [6.07, 6.45) is 3.15. The van der Waals surface area contributed by atoms with Crippen LogP contribution in [0.3, 0.4) is 0 Å². The van der Waals surface area contributed by atoms with Gasteiger partial charge in [0.25, 0.3) is 0 Å². The maximum Gasteiger partial charge on any atom is 0.145 e. The molecule has 5 nitrogen and oxygen atoms in total. The number of anilines is 2. The van der Waals surface area contributed by atoms with E-state index >= 15 is 0 Å². The number of hydrogen-bond donors (Lipinski definition) is 2. The summed E-state index contributed by atoms with van der Waals surface area (Å²) >= 11 is 0. The van der Waals surface area contributed by atoms with Gasteiger partial charge in [0.2, 0.25) is 0 Å². The Morgan fingerprint density at radius 1 is 1.38 bits per heavy atom. The molecule has 1 rings (SSSR count). The van der Waals surface area contributed by atoms with Crippen LogP contribution in [0.4, 0.5) is 11.6 Å². The summed E-state index contributed by atoms with van der Waals surface area (Å²) in [5.41, 5.74) is 2.58. The van der Waals surface area contributed by atoms with Crippen molar-refractivity contribution in [2.45, 2.75) is 33.1 Å². The van der Waals surface area contributed by atoms with Crippen LogP contribution in [0.1, 0.15) is 32.5 Å². The summed E-state index contributed by atoms with van der Waals surface area (Å²) in [4.78, 5) is 10.9. The van der Waals surface area contributed by atoms with Crippen molar-refractivity contribution in [3.8, 4) is 0 Å². The lowest BCUT2D eigenvalue weighted by Gasteiger charge is -2.18. The van der Waals surface area contributed by atoms with E-state index in [-0.39, 0.29) is 0 Å². The van der Waals surface area contributed by atoms with Gasteiger partial charge in [-0.25, -0.2) is 15.8 Å². The SMILES string of the molecule is CCCCN(C)c1cc(NN)nc(CC)n1. The van der Waals surface area contributed by atoms with E-state index in [1.807, 2.05) is 20.0 Å². The van der Waals surface area contributed by atoms with Gasteiger partial charge in [-0.1, -0.05) is 20.3 Å². The molecule has 0 aliphatic carbocycles. The molecule has 0 saturated carbocycles. The molecule has 90 valence electrons. The predicted octanol–water partition coefficient (Wildman–Crippen LogP) is 1.56. The van der Waals surface area contributed by atoms with Crippen molar-refractivity contribution < 1.29 is 0 Å². The first-order valence-corrected chi connectivity index (χ1v) is 5.77. The molecule has 0 fully saturated rings. The second-order valence-electron chi connectivity index (χ2n) is 3.80. The third kappa shape index (κ3) is 3.34. The Labute approximate surface area is 97.0 Å². The number of nitrogens with one attached hydrogen (secondary N) is 1. The van der Waals surface area contributed by atoms with Gasteiger partial charge < -0.3 is 10.3 Å². The highest BCUT2D eigenvalue weighted by atomic mass is 15.3. The Kier molecular flexibility index (Phi) is 4.98. The summed E-state index contributed by atoms with van der Waals surface area (Å²) in [6, 6.07) is 1.87. The smallest absolute Gasteiger partial charge is 0.145 e. The van der Waals surface area contributed by atoms with Gasteiger partial charge in [0.1, 0.15) is 17.5 Å². The highest BCUT2D eigenvalue weighted by Crippen LogP contribution is 2.14. The van der Waals surface area contributed by atoms with E-state index in [0.29, 0.717) is 5.82 Å². The first kappa shape index (κ1) is 12.7. The molecular weight excluding hydrogens is 202 g/mol. The zero-order chi connectivity index (χ0) is 12.0. The van der Waals surface area contributed by atoms with Crippen molar-refractivity contribution in [3.63, 3.8) is 0 Å². The zero-order valence-corrected chi connectivity index (χ0v) is 10.3. The number of rotatable bonds is 6. The number of hydrazine groups is 1. The van der Waals surface area contributed by atoms with Crippen molar-refractivity contribution in [2.75, 3.05) is 23.9 Å². The summed E-state index contributed by atoms with van der Waals surface area (Å²) in [5.74, 6) is 7.79.